The van der Waals surface area contributed by atoms with Crippen LogP contribution in [0, 0.1) is 5.92 Å². The molecule has 6 nitrogen and oxygen atoms in total. The molecule has 0 aliphatic heterocycles. The summed E-state index contributed by atoms with van der Waals surface area (Å²) in [6.07, 6.45) is 4.61. The topological polar surface area (TPSA) is 72.1 Å². The van der Waals surface area contributed by atoms with Crippen LogP contribution in [0.2, 0.25) is 0 Å². The van der Waals surface area contributed by atoms with Crippen LogP contribution >= 0.6 is 0 Å². The monoisotopic (exact) mass is 338 g/mol. The molecule has 0 radical (unpaired) electrons. The number of para-hydroxylation sites is 1. The molecule has 2 heterocycles. The minimum absolute atomic E-state index is 0.137. The summed E-state index contributed by atoms with van der Waals surface area (Å²) in [4.78, 5) is 12.7. The highest BCUT2D eigenvalue weighted by molar-refractivity contribution is 5.98. The fourth-order valence-electron chi connectivity index (χ4n) is 3.84. The summed E-state index contributed by atoms with van der Waals surface area (Å²) in [5.41, 5.74) is 1.64. The van der Waals surface area contributed by atoms with Crippen molar-refractivity contribution in [1.82, 2.24) is 19.7 Å². The van der Waals surface area contributed by atoms with Gasteiger partial charge in [-0.05, 0) is 37.0 Å². The van der Waals surface area contributed by atoms with Gasteiger partial charge in [0.25, 0.3) is 5.91 Å². The zero-order chi connectivity index (χ0) is 17.4. The molecule has 4 rings (SSSR count). The van der Waals surface area contributed by atoms with E-state index in [1.807, 2.05) is 58.9 Å². The standard InChI is InChI=1S/C19H22N4O2/c1-22-16-6-3-2-5-14(16)11-17(22)19(25)21-15-9-13(10-18(15)24)12-23-8-4-7-20-23/h2-8,11,13,15,18,24H,9-10,12H2,1H3,(H,21,25)/t13?,15-,18-/m1/s1. The lowest BCUT2D eigenvalue weighted by molar-refractivity contribution is 0.0865. The highest BCUT2D eigenvalue weighted by Crippen LogP contribution is 2.28. The van der Waals surface area contributed by atoms with Gasteiger partial charge in [-0.2, -0.15) is 5.10 Å². The first-order valence-electron chi connectivity index (χ1n) is 8.62. The Morgan fingerprint density at radius 3 is 2.92 bits per heavy atom. The van der Waals surface area contributed by atoms with Gasteiger partial charge >= 0.3 is 0 Å². The van der Waals surface area contributed by atoms with E-state index in [0.29, 0.717) is 18.0 Å². The van der Waals surface area contributed by atoms with E-state index in [9.17, 15) is 9.90 Å². The van der Waals surface area contributed by atoms with Gasteiger partial charge in [0.1, 0.15) is 5.69 Å². The van der Waals surface area contributed by atoms with Crippen LogP contribution in [0.3, 0.4) is 0 Å². The SMILES string of the molecule is Cn1c(C(=O)N[C@@H]2CC(Cn3cccn3)C[C@H]2O)cc2ccccc21. The van der Waals surface area contributed by atoms with Crippen LogP contribution in [0.15, 0.2) is 48.8 Å². The molecular formula is C19H22N4O2. The van der Waals surface area contributed by atoms with Crippen LogP contribution in [-0.4, -0.2) is 37.5 Å². The summed E-state index contributed by atoms with van der Waals surface area (Å²) in [7, 11) is 1.89. The van der Waals surface area contributed by atoms with E-state index in [-0.39, 0.29) is 11.9 Å². The normalized spacial score (nSPS) is 23.2. The van der Waals surface area contributed by atoms with E-state index in [2.05, 4.69) is 10.4 Å². The number of carbonyl (C=O) groups is 1. The van der Waals surface area contributed by atoms with Gasteiger partial charge in [0, 0.05) is 36.9 Å². The predicted octanol–water partition coefficient (Wildman–Crippen LogP) is 1.94. The number of rotatable bonds is 4. The van der Waals surface area contributed by atoms with Crippen LogP contribution in [-0.2, 0) is 13.6 Å². The van der Waals surface area contributed by atoms with Crippen molar-refractivity contribution in [2.24, 2.45) is 13.0 Å². The maximum Gasteiger partial charge on any atom is 0.268 e. The minimum Gasteiger partial charge on any atom is -0.391 e. The summed E-state index contributed by atoms with van der Waals surface area (Å²) < 4.78 is 3.78. The molecule has 0 spiro atoms. The second-order valence-electron chi connectivity index (χ2n) is 6.86. The van der Waals surface area contributed by atoms with Gasteiger partial charge in [-0.3, -0.25) is 9.48 Å². The van der Waals surface area contributed by atoms with Crippen molar-refractivity contribution in [2.45, 2.75) is 31.5 Å². The number of hydrogen-bond donors (Lipinski definition) is 2. The first-order chi connectivity index (χ1) is 12.1. The summed E-state index contributed by atoms with van der Waals surface area (Å²) in [6, 6.07) is 11.5. The third kappa shape index (κ3) is 3.05. The van der Waals surface area contributed by atoms with Gasteiger partial charge in [0.15, 0.2) is 0 Å². The van der Waals surface area contributed by atoms with Gasteiger partial charge in [-0.1, -0.05) is 18.2 Å². The van der Waals surface area contributed by atoms with E-state index in [1.165, 1.54) is 0 Å². The lowest BCUT2D eigenvalue weighted by atomic mass is 10.1. The number of aliphatic hydroxyl groups is 1. The molecule has 1 unspecified atom stereocenters. The number of carbonyl (C=O) groups excluding carboxylic acids is 1. The number of nitrogens with zero attached hydrogens (tertiary/aromatic N) is 3. The molecule has 2 N–H and O–H groups in total. The molecule has 130 valence electrons. The van der Waals surface area contributed by atoms with Crippen molar-refractivity contribution < 1.29 is 9.90 Å². The molecule has 0 bridgehead atoms. The van der Waals surface area contributed by atoms with Crippen molar-refractivity contribution in [3.63, 3.8) is 0 Å². The second kappa shape index (κ2) is 6.37. The Labute approximate surface area is 146 Å². The zero-order valence-corrected chi connectivity index (χ0v) is 14.2. The lowest BCUT2D eigenvalue weighted by Crippen LogP contribution is -2.40. The quantitative estimate of drug-likeness (QED) is 0.764. The van der Waals surface area contributed by atoms with Crippen molar-refractivity contribution in [2.75, 3.05) is 0 Å². The molecule has 1 saturated carbocycles. The van der Waals surface area contributed by atoms with Crippen molar-refractivity contribution in [3.05, 3.63) is 54.5 Å². The summed E-state index contributed by atoms with van der Waals surface area (Å²) in [5, 5.41) is 18.6. The first-order valence-corrected chi connectivity index (χ1v) is 8.62. The van der Waals surface area contributed by atoms with E-state index in [0.717, 1.165) is 23.9 Å². The Morgan fingerprint density at radius 1 is 1.32 bits per heavy atom. The number of nitrogens with one attached hydrogen (secondary N) is 1. The zero-order valence-electron chi connectivity index (χ0n) is 14.2. The Morgan fingerprint density at radius 2 is 2.16 bits per heavy atom. The minimum atomic E-state index is -0.515. The predicted molar refractivity (Wildman–Crippen MR) is 95.1 cm³/mol. The first kappa shape index (κ1) is 15.9. The van der Waals surface area contributed by atoms with Gasteiger partial charge in [0.05, 0.1) is 12.1 Å². The van der Waals surface area contributed by atoms with Gasteiger partial charge < -0.3 is 15.0 Å². The molecule has 3 aromatic rings. The maximum atomic E-state index is 12.7. The number of aryl methyl sites for hydroxylation is 1. The highest BCUT2D eigenvalue weighted by atomic mass is 16.3. The maximum absolute atomic E-state index is 12.7. The Balaban J connectivity index is 1.45. The average molecular weight is 338 g/mol. The second-order valence-corrected chi connectivity index (χ2v) is 6.86. The molecule has 6 heteroatoms. The number of hydrogen-bond acceptors (Lipinski definition) is 3. The van der Waals surface area contributed by atoms with Crippen molar-refractivity contribution in [3.8, 4) is 0 Å². The number of benzene rings is 1. The molecule has 25 heavy (non-hydrogen) atoms. The third-order valence-corrected chi connectivity index (χ3v) is 5.13. The number of amides is 1. The largest absolute Gasteiger partial charge is 0.391 e. The summed E-state index contributed by atoms with van der Waals surface area (Å²) in [5.74, 6) is 0.176. The fraction of sp³-hybridized carbons (Fsp3) is 0.368. The molecule has 1 fully saturated rings. The molecular weight excluding hydrogens is 316 g/mol. The average Bonchev–Trinajstić information content (AvgIpc) is 3.30. The summed E-state index contributed by atoms with van der Waals surface area (Å²) in [6.45, 7) is 0.768. The Hall–Kier alpha value is -2.60. The number of aromatic nitrogens is 3. The van der Waals surface area contributed by atoms with E-state index in [1.54, 1.807) is 6.20 Å². The van der Waals surface area contributed by atoms with E-state index in [4.69, 9.17) is 0 Å². The highest BCUT2D eigenvalue weighted by Gasteiger charge is 2.34. The molecule has 1 amide bonds. The Kier molecular flexibility index (Phi) is 4.05. The van der Waals surface area contributed by atoms with Crippen LogP contribution in [0.1, 0.15) is 23.3 Å². The van der Waals surface area contributed by atoms with Gasteiger partial charge in [-0.15, -0.1) is 0 Å². The molecule has 1 aromatic carbocycles. The Bertz CT molecular complexity index is 884. The van der Waals surface area contributed by atoms with Gasteiger partial charge in [-0.25, -0.2) is 0 Å². The van der Waals surface area contributed by atoms with Crippen LogP contribution < -0.4 is 5.32 Å². The summed E-state index contributed by atoms with van der Waals surface area (Å²) >= 11 is 0. The van der Waals surface area contributed by atoms with Crippen LogP contribution in [0.4, 0.5) is 0 Å². The molecule has 1 aliphatic rings. The number of fused-ring (bicyclic) bond motifs is 1. The molecule has 3 atom stereocenters. The molecule has 2 aromatic heterocycles. The van der Waals surface area contributed by atoms with Crippen molar-refractivity contribution >= 4 is 16.8 Å². The third-order valence-electron chi connectivity index (χ3n) is 5.13. The van der Waals surface area contributed by atoms with Crippen LogP contribution in [0.25, 0.3) is 10.9 Å². The van der Waals surface area contributed by atoms with Crippen LogP contribution in [0.5, 0.6) is 0 Å². The van der Waals surface area contributed by atoms with E-state index < -0.39 is 6.10 Å². The molecule has 0 saturated heterocycles. The number of aliphatic hydroxyl groups excluding tert-OH is 1. The molecule has 1 aliphatic carbocycles. The van der Waals surface area contributed by atoms with Gasteiger partial charge in [0.2, 0.25) is 0 Å². The lowest BCUT2D eigenvalue weighted by Gasteiger charge is -2.16. The van der Waals surface area contributed by atoms with Crippen molar-refractivity contribution in [1.29, 1.82) is 0 Å². The fourth-order valence-corrected chi connectivity index (χ4v) is 3.84. The smallest absolute Gasteiger partial charge is 0.268 e. The van der Waals surface area contributed by atoms with E-state index >= 15 is 0 Å².